The second-order valence-corrected chi connectivity index (χ2v) is 6.88. The van der Waals surface area contributed by atoms with Crippen molar-refractivity contribution < 1.29 is 14.3 Å². The van der Waals surface area contributed by atoms with E-state index in [0.29, 0.717) is 10.6 Å². The Bertz CT molecular complexity index is 994. The van der Waals surface area contributed by atoms with Crippen molar-refractivity contribution in [1.82, 2.24) is 4.98 Å². The van der Waals surface area contributed by atoms with Gasteiger partial charge in [0.05, 0.1) is 4.88 Å². The zero-order valence-corrected chi connectivity index (χ0v) is 15.0. The molecule has 0 saturated carbocycles. The number of Topliss-reactive ketones (excluding diaryl/α,β-unsaturated/α-hetero) is 1. The maximum Gasteiger partial charge on any atom is 0.231 e. The van der Waals surface area contributed by atoms with Gasteiger partial charge in [-0.05, 0) is 36.2 Å². The predicted molar refractivity (Wildman–Crippen MR) is 102 cm³/mol. The molecule has 0 radical (unpaired) electrons. The van der Waals surface area contributed by atoms with Crippen molar-refractivity contribution in [2.45, 2.75) is 6.92 Å². The van der Waals surface area contributed by atoms with E-state index in [1.54, 1.807) is 12.4 Å². The van der Waals surface area contributed by atoms with Crippen LogP contribution < -0.4 is 9.47 Å². The van der Waals surface area contributed by atoms with Gasteiger partial charge in [-0.15, -0.1) is 11.3 Å². The molecule has 0 atom stereocenters. The summed E-state index contributed by atoms with van der Waals surface area (Å²) < 4.78 is 10.6. The van der Waals surface area contributed by atoms with Crippen LogP contribution in [0.25, 0.3) is 10.6 Å². The molecule has 1 aliphatic rings. The lowest BCUT2D eigenvalue weighted by molar-refractivity contribution is 0.101. The monoisotopic (exact) mass is 364 g/mol. The van der Waals surface area contributed by atoms with E-state index in [4.69, 9.17) is 9.47 Å². The van der Waals surface area contributed by atoms with Gasteiger partial charge < -0.3 is 9.47 Å². The molecule has 0 N–H and O–H groups in total. The number of carbonyl (C=O) groups is 1. The van der Waals surface area contributed by atoms with Crippen LogP contribution in [-0.2, 0) is 0 Å². The number of ketones is 1. The first-order chi connectivity index (χ1) is 12.7. The number of fused-ring (bicyclic) bond motifs is 1. The van der Waals surface area contributed by atoms with Gasteiger partial charge in [0.15, 0.2) is 17.3 Å². The lowest BCUT2D eigenvalue weighted by Gasteiger charge is -2.00. The third kappa shape index (κ3) is 3.36. The van der Waals surface area contributed by atoms with E-state index in [1.807, 2.05) is 49.4 Å². The Hall–Kier alpha value is -2.99. The number of benzene rings is 2. The van der Waals surface area contributed by atoms with Gasteiger partial charge in [-0.2, -0.15) is 0 Å². The maximum absolute atomic E-state index is 12.4. The number of nitrogens with zero attached hydrogens (tertiary/aromatic N) is 2. The smallest absolute Gasteiger partial charge is 0.231 e. The molecule has 130 valence electrons. The van der Waals surface area contributed by atoms with Crippen molar-refractivity contribution in [3.8, 4) is 22.1 Å². The molecular weight excluding hydrogens is 348 g/mol. The van der Waals surface area contributed by atoms with E-state index < -0.39 is 0 Å². The second kappa shape index (κ2) is 7.09. The topological polar surface area (TPSA) is 60.8 Å². The normalized spacial score (nSPS) is 12.7. The molecule has 26 heavy (non-hydrogen) atoms. The SMILES string of the molecule is Cc1ccccc1-c1ncc(C(=O)CN=Cc2ccc3c(c2)OCO3)s1. The van der Waals surface area contributed by atoms with Crippen molar-refractivity contribution in [3.05, 3.63) is 64.7 Å². The highest BCUT2D eigenvalue weighted by Crippen LogP contribution is 2.32. The Kier molecular flexibility index (Phi) is 4.50. The lowest BCUT2D eigenvalue weighted by atomic mass is 10.1. The Morgan fingerprint density at radius 1 is 1.23 bits per heavy atom. The Balaban J connectivity index is 1.43. The van der Waals surface area contributed by atoms with Crippen molar-refractivity contribution in [1.29, 1.82) is 0 Å². The summed E-state index contributed by atoms with van der Waals surface area (Å²) in [5.41, 5.74) is 3.06. The number of aromatic nitrogens is 1. The first-order valence-corrected chi connectivity index (χ1v) is 8.97. The molecule has 1 aliphatic heterocycles. The molecule has 1 aromatic heterocycles. The molecule has 4 rings (SSSR count). The van der Waals surface area contributed by atoms with Crippen molar-refractivity contribution in [3.63, 3.8) is 0 Å². The summed E-state index contributed by atoms with van der Waals surface area (Å²) in [5.74, 6) is 1.39. The third-order valence-corrected chi connectivity index (χ3v) is 5.10. The van der Waals surface area contributed by atoms with E-state index in [-0.39, 0.29) is 19.1 Å². The van der Waals surface area contributed by atoms with Crippen LogP contribution >= 0.6 is 11.3 Å². The van der Waals surface area contributed by atoms with E-state index >= 15 is 0 Å². The van der Waals surface area contributed by atoms with Crippen LogP contribution in [0.4, 0.5) is 0 Å². The maximum atomic E-state index is 12.4. The van der Waals surface area contributed by atoms with Gasteiger partial charge in [-0.25, -0.2) is 4.98 Å². The van der Waals surface area contributed by atoms with E-state index in [2.05, 4.69) is 9.98 Å². The van der Waals surface area contributed by atoms with Crippen molar-refractivity contribution in [2.24, 2.45) is 4.99 Å². The molecular formula is C20H16N2O3S. The summed E-state index contributed by atoms with van der Waals surface area (Å²) in [6, 6.07) is 13.6. The average molecular weight is 364 g/mol. The van der Waals surface area contributed by atoms with Crippen molar-refractivity contribution >= 4 is 23.3 Å². The number of carbonyl (C=O) groups excluding carboxylic acids is 1. The molecule has 2 heterocycles. The summed E-state index contributed by atoms with van der Waals surface area (Å²) in [7, 11) is 0. The molecule has 0 amide bonds. The number of aliphatic imine (C=N–C) groups is 1. The molecule has 3 aromatic rings. The summed E-state index contributed by atoms with van der Waals surface area (Å²) in [6.45, 7) is 2.36. The van der Waals surface area contributed by atoms with Gasteiger partial charge in [0.25, 0.3) is 0 Å². The van der Waals surface area contributed by atoms with Crippen LogP contribution in [0.3, 0.4) is 0 Å². The number of rotatable bonds is 5. The standard InChI is InChI=1S/C20H16N2O3S/c1-13-4-2-3-5-15(13)20-22-11-19(26-20)16(23)10-21-9-14-6-7-17-18(8-14)25-12-24-17/h2-9,11H,10,12H2,1H3. The predicted octanol–water partition coefficient (Wildman–Crippen LogP) is 4.15. The number of thiazole rings is 1. The number of ether oxygens (including phenoxy) is 2. The summed E-state index contributed by atoms with van der Waals surface area (Å²) >= 11 is 1.40. The second-order valence-electron chi connectivity index (χ2n) is 5.85. The quantitative estimate of drug-likeness (QED) is 0.504. The highest BCUT2D eigenvalue weighted by molar-refractivity contribution is 7.17. The first kappa shape index (κ1) is 16.5. The van der Waals surface area contributed by atoms with Gasteiger partial charge in [-0.1, -0.05) is 24.3 Å². The molecule has 0 unspecified atom stereocenters. The summed E-state index contributed by atoms with van der Waals surface area (Å²) in [4.78, 5) is 21.6. The fourth-order valence-corrected chi connectivity index (χ4v) is 3.58. The Morgan fingerprint density at radius 3 is 2.96 bits per heavy atom. The molecule has 0 bridgehead atoms. The number of aryl methyl sites for hydroxylation is 1. The van der Waals surface area contributed by atoms with E-state index in [9.17, 15) is 4.79 Å². The first-order valence-electron chi connectivity index (χ1n) is 8.15. The fourth-order valence-electron chi connectivity index (χ4n) is 2.65. The zero-order chi connectivity index (χ0) is 17.9. The van der Waals surface area contributed by atoms with Gasteiger partial charge in [0.1, 0.15) is 11.6 Å². The van der Waals surface area contributed by atoms with Crippen LogP contribution in [0.5, 0.6) is 11.5 Å². The third-order valence-electron chi connectivity index (χ3n) is 4.03. The summed E-state index contributed by atoms with van der Waals surface area (Å²) in [6.07, 6.45) is 3.30. The Labute approximate surface area is 155 Å². The minimum atomic E-state index is -0.0423. The summed E-state index contributed by atoms with van der Waals surface area (Å²) in [5, 5.41) is 0.853. The molecule has 0 spiro atoms. The molecule has 0 aliphatic carbocycles. The molecule has 0 fully saturated rings. The molecule has 6 heteroatoms. The van der Waals surface area contributed by atoms with Crippen LogP contribution in [0.15, 0.2) is 53.7 Å². The molecule has 2 aromatic carbocycles. The van der Waals surface area contributed by atoms with Crippen LogP contribution in [-0.4, -0.2) is 30.3 Å². The minimum absolute atomic E-state index is 0.0423. The van der Waals surface area contributed by atoms with E-state index in [1.165, 1.54) is 11.3 Å². The van der Waals surface area contributed by atoms with Crippen LogP contribution in [0.1, 0.15) is 20.8 Å². The lowest BCUT2D eigenvalue weighted by Crippen LogP contribution is -2.01. The largest absolute Gasteiger partial charge is 0.454 e. The Morgan fingerprint density at radius 2 is 2.08 bits per heavy atom. The molecule has 0 saturated heterocycles. The van der Waals surface area contributed by atoms with Crippen molar-refractivity contribution in [2.75, 3.05) is 13.3 Å². The minimum Gasteiger partial charge on any atom is -0.454 e. The highest BCUT2D eigenvalue weighted by atomic mass is 32.1. The zero-order valence-electron chi connectivity index (χ0n) is 14.1. The van der Waals surface area contributed by atoms with E-state index in [0.717, 1.165) is 27.4 Å². The number of hydrogen-bond acceptors (Lipinski definition) is 6. The highest BCUT2D eigenvalue weighted by Gasteiger charge is 2.14. The fraction of sp³-hybridized carbons (Fsp3) is 0.150. The van der Waals surface area contributed by atoms with Crippen LogP contribution in [0, 0.1) is 6.92 Å². The van der Waals surface area contributed by atoms with Gasteiger partial charge >= 0.3 is 0 Å². The van der Waals surface area contributed by atoms with Crippen LogP contribution in [0.2, 0.25) is 0 Å². The molecule has 5 nitrogen and oxygen atoms in total. The average Bonchev–Trinajstić information content (AvgIpc) is 3.31. The number of hydrogen-bond donors (Lipinski definition) is 0. The van der Waals surface area contributed by atoms with Gasteiger partial charge in [-0.3, -0.25) is 9.79 Å². The van der Waals surface area contributed by atoms with Gasteiger partial charge in [0.2, 0.25) is 6.79 Å². The van der Waals surface area contributed by atoms with Gasteiger partial charge in [0, 0.05) is 18.0 Å².